The van der Waals surface area contributed by atoms with Gasteiger partial charge in [-0.3, -0.25) is 19.8 Å². The fraction of sp³-hybridized carbons (Fsp3) is 0.538. The van der Waals surface area contributed by atoms with Gasteiger partial charge < -0.3 is 24.1 Å². The number of nitrogens with one attached hydrogen (secondary N) is 1. The van der Waals surface area contributed by atoms with E-state index in [1.807, 2.05) is 0 Å². The third-order valence-electron chi connectivity index (χ3n) is 4.57. The predicted molar refractivity (Wildman–Crippen MR) is 136 cm³/mol. The maximum Gasteiger partial charge on any atom is 0.514 e. The Morgan fingerprint density at radius 1 is 1.03 bits per heavy atom. The van der Waals surface area contributed by atoms with Crippen molar-refractivity contribution >= 4 is 29.8 Å². The highest BCUT2D eigenvalue weighted by atomic mass is 16.7. The Labute approximate surface area is 217 Å². The Hall–Kier alpha value is -3.60. The van der Waals surface area contributed by atoms with Crippen molar-refractivity contribution in [3.8, 4) is 5.75 Å². The molecule has 2 amide bonds. The number of hydrogen-bond donors (Lipinski definition) is 2. The predicted octanol–water partition coefficient (Wildman–Crippen LogP) is 4.90. The third-order valence-corrected chi connectivity index (χ3v) is 4.57. The van der Waals surface area contributed by atoms with Gasteiger partial charge in [-0.25, -0.2) is 9.59 Å². The zero-order valence-electron chi connectivity index (χ0n) is 23.0. The van der Waals surface area contributed by atoms with Crippen LogP contribution in [0.2, 0.25) is 0 Å². The number of aliphatic hydroxyl groups excluding tert-OH is 1. The Morgan fingerprint density at radius 2 is 1.62 bits per heavy atom. The quantitative estimate of drug-likeness (QED) is 0.211. The van der Waals surface area contributed by atoms with E-state index in [4.69, 9.17) is 14.2 Å². The van der Waals surface area contributed by atoms with Gasteiger partial charge in [-0.05, 0) is 72.1 Å². The number of rotatable bonds is 8. The summed E-state index contributed by atoms with van der Waals surface area (Å²) in [5.74, 6) is -1.13. The first-order valence-electron chi connectivity index (χ1n) is 11.7. The molecule has 0 aliphatic rings. The summed E-state index contributed by atoms with van der Waals surface area (Å²) >= 11 is 0. The van der Waals surface area contributed by atoms with Crippen molar-refractivity contribution in [2.24, 2.45) is 0 Å². The average Bonchev–Trinajstić information content (AvgIpc) is 2.75. The zero-order chi connectivity index (χ0) is 28.6. The number of methoxy groups -OCH3 is 1. The van der Waals surface area contributed by atoms with Gasteiger partial charge in [0.1, 0.15) is 23.7 Å². The molecule has 0 aliphatic heterocycles. The molecule has 37 heavy (non-hydrogen) atoms. The summed E-state index contributed by atoms with van der Waals surface area (Å²) in [7, 11) is 1.25. The van der Waals surface area contributed by atoms with Gasteiger partial charge in [-0.1, -0.05) is 6.92 Å². The van der Waals surface area contributed by atoms with E-state index < -0.39 is 42.1 Å². The molecule has 1 aromatic carbocycles. The fourth-order valence-corrected chi connectivity index (χ4v) is 2.91. The summed E-state index contributed by atoms with van der Waals surface area (Å²) in [5, 5.41) is 12.4. The maximum absolute atomic E-state index is 13.4. The Kier molecular flexibility index (Phi) is 11.1. The van der Waals surface area contributed by atoms with Crippen molar-refractivity contribution in [1.82, 2.24) is 4.90 Å². The van der Waals surface area contributed by atoms with Crippen molar-refractivity contribution in [2.45, 2.75) is 79.4 Å². The minimum absolute atomic E-state index is 0.0151. The number of amides is 2. The molecule has 0 bridgehead atoms. The van der Waals surface area contributed by atoms with E-state index in [1.54, 1.807) is 55.4 Å². The number of benzene rings is 1. The zero-order valence-corrected chi connectivity index (χ0v) is 23.0. The van der Waals surface area contributed by atoms with Gasteiger partial charge >= 0.3 is 18.2 Å². The highest BCUT2D eigenvalue weighted by molar-refractivity contribution is 6.03. The number of esters is 1. The third kappa shape index (κ3) is 10.9. The van der Waals surface area contributed by atoms with E-state index in [2.05, 4.69) is 10.1 Å². The van der Waals surface area contributed by atoms with E-state index in [0.29, 0.717) is 17.6 Å². The second-order valence-electron chi connectivity index (χ2n) is 10.2. The molecule has 0 heterocycles. The fourth-order valence-electron chi connectivity index (χ4n) is 2.91. The second kappa shape index (κ2) is 13.1. The number of carbonyl (C=O) groups excluding carboxylic acids is 4. The van der Waals surface area contributed by atoms with E-state index in [-0.39, 0.29) is 23.4 Å². The van der Waals surface area contributed by atoms with Gasteiger partial charge in [-0.15, -0.1) is 0 Å². The molecule has 0 saturated carbocycles. The van der Waals surface area contributed by atoms with Gasteiger partial charge in [0.05, 0.1) is 24.8 Å². The molecule has 0 atom stereocenters. The summed E-state index contributed by atoms with van der Waals surface area (Å²) in [6, 6.07) is 2.70. The standard InChI is InChI=1S/C26H38N2O9/c1-10-17(12-21(30)34-9)14-28(15-29)22(31)18-11-16(2)20(35-24(33)37-26(6,7)8)13-19(18)27-23(32)36-25(3,4)5/h11,13-14,29H,10,12,15H2,1-9H3,(H,27,32)/b17-14+. The van der Waals surface area contributed by atoms with E-state index in [0.717, 1.165) is 4.90 Å². The molecule has 0 radical (unpaired) electrons. The van der Waals surface area contributed by atoms with Gasteiger partial charge in [0, 0.05) is 12.3 Å². The van der Waals surface area contributed by atoms with Crippen molar-refractivity contribution in [2.75, 3.05) is 19.2 Å². The van der Waals surface area contributed by atoms with E-state index >= 15 is 0 Å². The number of carbonyl (C=O) groups is 4. The van der Waals surface area contributed by atoms with Crippen molar-refractivity contribution < 1.29 is 43.2 Å². The summed E-state index contributed by atoms with van der Waals surface area (Å²) < 4.78 is 20.5. The molecule has 1 rings (SSSR count). The Morgan fingerprint density at radius 3 is 2.11 bits per heavy atom. The minimum atomic E-state index is -0.965. The molecular weight excluding hydrogens is 484 g/mol. The lowest BCUT2D eigenvalue weighted by Crippen LogP contribution is -2.31. The molecule has 2 N–H and O–H groups in total. The van der Waals surface area contributed by atoms with Crippen LogP contribution in [0.25, 0.3) is 0 Å². The summed E-state index contributed by atoms with van der Waals surface area (Å²) in [5.41, 5.74) is -0.736. The molecular formula is C26H38N2O9. The van der Waals surface area contributed by atoms with Gasteiger partial charge in [-0.2, -0.15) is 0 Å². The van der Waals surface area contributed by atoms with Crippen LogP contribution in [0.5, 0.6) is 5.75 Å². The molecule has 0 aromatic heterocycles. The molecule has 206 valence electrons. The molecule has 0 unspecified atom stereocenters. The second-order valence-corrected chi connectivity index (χ2v) is 10.2. The minimum Gasteiger partial charge on any atom is -0.469 e. The van der Waals surface area contributed by atoms with Crippen LogP contribution in [0.1, 0.15) is 77.2 Å². The highest BCUT2D eigenvalue weighted by Gasteiger charge is 2.25. The van der Waals surface area contributed by atoms with Gasteiger partial charge in [0.2, 0.25) is 0 Å². The Bertz CT molecular complexity index is 1030. The van der Waals surface area contributed by atoms with Crippen molar-refractivity contribution in [3.05, 3.63) is 35.0 Å². The van der Waals surface area contributed by atoms with Crippen LogP contribution in [0.4, 0.5) is 15.3 Å². The average molecular weight is 523 g/mol. The van der Waals surface area contributed by atoms with Gasteiger partial charge in [0.15, 0.2) is 0 Å². The first-order valence-corrected chi connectivity index (χ1v) is 11.7. The normalized spacial score (nSPS) is 11.9. The molecule has 11 nitrogen and oxygen atoms in total. The largest absolute Gasteiger partial charge is 0.514 e. The summed E-state index contributed by atoms with van der Waals surface area (Å²) in [6.07, 6.45) is -0.102. The number of aliphatic hydroxyl groups is 1. The van der Waals surface area contributed by atoms with Crippen LogP contribution in [-0.2, 0) is 19.0 Å². The van der Waals surface area contributed by atoms with Crippen LogP contribution >= 0.6 is 0 Å². The van der Waals surface area contributed by atoms with Crippen LogP contribution < -0.4 is 10.1 Å². The van der Waals surface area contributed by atoms with Crippen molar-refractivity contribution in [3.63, 3.8) is 0 Å². The van der Waals surface area contributed by atoms with Crippen molar-refractivity contribution in [1.29, 1.82) is 0 Å². The summed E-state index contributed by atoms with van der Waals surface area (Å²) in [4.78, 5) is 50.9. The number of ether oxygens (including phenoxy) is 4. The smallest absolute Gasteiger partial charge is 0.469 e. The van der Waals surface area contributed by atoms with Gasteiger partial charge in [0.25, 0.3) is 5.91 Å². The number of anilines is 1. The monoisotopic (exact) mass is 522 g/mol. The Balaban J connectivity index is 3.49. The molecule has 0 saturated heterocycles. The SMILES string of the molecule is CC/C(=C\N(CO)C(=O)c1cc(C)c(OC(=O)OC(C)(C)C)cc1NC(=O)OC(C)(C)C)CC(=O)OC. The molecule has 1 aromatic rings. The van der Waals surface area contributed by atoms with Crippen LogP contribution in [0, 0.1) is 6.92 Å². The topological polar surface area (TPSA) is 141 Å². The van der Waals surface area contributed by atoms with E-state index in [1.165, 1.54) is 25.4 Å². The lowest BCUT2D eigenvalue weighted by atomic mass is 10.1. The van der Waals surface area contributed by atoms with Crippen LogP contribution in [0.3, 0.4) is 0 Å². The molecule has 11 heteroatoms. The lowest BCUT2D eigenvalue weighted by Gasteiger charge is -2.23. The van der Waals surface area contributed by atoms with E-state index in [9.17, 15) is 24.3 Å². The first kappa shape index (κ1) is 31.4. The molecule has 0 fully saturated rings. The molecule has 0 aliphatic carbocycles. The highest BCUT2D eigenvalue weighted by Crippen LogP contribution is 2.30. The number of nitrogens with zero attached hydrogens (tertiary/aromatic N) is 1. The van der Waals surface area contributed by atoms with Crippen LogP contribution in [0.15, 0.2) is 23.9 Å². The molecule has 0 spiro atoms. The van der Waals surface area contributed by atoms with Crippen LogP contribution in [-0.4, -0.2) is 59.2 Å². The summed E-state index contributed by atoms with van der Waals surface area (Å²) in [6.45, 7) is 12.8. The first-order chi connectivity index (χ1) is 17.0. The number of aryl methyl sites for hydroxylation is 1. The number of hydrogen-bond acceptors (Lipinski definition) is 9. The lowest BCUT2D eigenvalue weighted by molar-refractivity contribution is -0.139. The maximum atomic E-state index is 13.4.